The smallest absolute Gasteiger partial charge is 0.254 e. The van der Waals surface area contributed by atoms with Crippen LogP contribution in [0.2, 0.25) is 0 Å². The number of carbonyl (C=O) groups excluding carboxylic acids is 1. The van der Waals surface area contributed by atoms with E-state index in [9.17, 15) is 4.79 Å². The van der Waals surface area contributed by atoms with Crippen molar-refractivity contribution in [2.45, 2.75) is 39.5 Å². The molecule has 0 saturated carbocycles. The Kier molecular flexibility index (Phi) is 7.48. The molecule has 0 aromatic heterocycles. The average molecular weight is 452 g/mol. The Balaban J connectivity index is 1.73. The third-order valence-electron chi connectivity index (χ3n) is 4.97. The highest BCUT2D eigenvalue weighted by Gasteiger charge is 2.21. The number of nitrogens with zero attached hydrogens (tertiary/aromatic N) is 1. The minimum atomic E-state index is 0.0439. The van der Waals surface area contributed by atoms with Gasteiger partial charge in [0.05, 0.1) is 0 Å². The zero-order valence-electron chi connectivity index (χ0n) is 16.8. The summed E-state index contributed by atoms with van der Waals surface area (Å²) in [5, 5.41) is 0. The summed E-state index contributed by atoms with van der Waals surface area (Å²) < 4.78 is 6.92. The van der Waals surface area contributed by atoms with Gasteiger partial charge in [-0.2, -0.15) is 0 Å². The third-order valence-corrected chi connectivity index (χ3v) is 5.50. The van der Waals surface area contributed by atoms with Crippen LogP contribution in [-0.4, -0.2) is 16.8 Å². The van der Waals surface area contributed by atoms with Crippen LogP contribution in [0.15, 0.2) is 83.3 Å². The molecule has 0 aliphatic rings. The molecule has 0 heterocycles. The minimum absolute atomic E-state index is 0.0439. The van der Waals surface area contributed by atoms with Gasteiger partial charge in [-0.1, -0.05) is 65.3 Å². The lowest BCUT2D eigenvalue weighted by Gasteiger charge is -2.29. The lowest BCUT2D eigenvalue weighted by molar-refractivity contribution is 0.0671. The highest BCUT2D eigenvalue weighted by molar-refractivity contribution is 9.10. The average Bonchev–Trinajstić information content (AvgIpc) is 2.76. The van der Waals surface area contributed by atoms with Crippen LogP contribution >= 0.6 is 15.9 Å². The maximum absolute atomic E-state index is 13.1. The number of hydrogen-bond donors (Lipinski definition) is 0. The van der Waals surface area contributed by atoms with Crippen LogP contribution < -0.4 is 4.74 Å². The second-order valence-electron chi connectivity index (χ2n) is 7.12. The normalized spacial score (nSPS) is 11.7. The fraction of sp³-hybridized carbons (Fsp3) is 0.240. The Hall–Kier alpha value is -2.59. The molecule has 1 amide bonds. The van der Waals surface area contributed by atoms with E-state index in [4.69, 9.17) is 4.74 Å². The molecule has 3 rings (SSSR count). The van der Waals surface area contributed by atoms with Gasteiger partial charge in [0.25, 0.3) is 5.91 Å². The molecule has 0 N–H and O–H groups in total. The fourth-order valence-electron chi connectivity index (χ4n) is 3.08. The van der Waals surface area contributed by atoms with Crippen molar-refractivity contribution in [2.24, 2.45) is 0 Å². The third kappa shape index (κ3) is 5.94. The van der Waals surface area contributed by atoms with Crippen LogP contribution in [0.25, 0.3) is 0 Å². The summed E-state index contributed by atoms with van der Waals surface area (Å²) in [4.78, 5) is 15.1. The summed E-state index contributed by atoms with van der Waals surface area (Å²) >= 11 is 3.43. The van der Waals surface area contributed by atoms with E-state index < -0.39 is 0 Å². The SMILES string of the molecule is CCC(C)N(Cc1cccc(OCc2ccccc2)c1)C(=O)c1ccc(Br)cc1. The van der Waals surface area contributed by atoms with Crippen molar-refractivity contribution in [3.63, 3.8) is 0 Å². The van der Waals surface area contributed by atoms with Gasteiger partial charge in [0.1, 0.15) is 12.4 Å². The van der Waals surface area contributed by atoms with Gasteiger partial charge in [-0.25, -0.2) is 0 Å². The summed E-state index contributed by atoms with van der Waals surface area (Å²) in [5.74, 6) is 0.856. The van der Waals surface area contributed by atoms with E-state index in [1.54, 1.807) is 0 Å². The molecule has 29 heavy (non-hydrogen) atoms. The van der Waals surface area contributed by atoms with Gasteiger partial charge in [-0.15, -0.1) is 0 Å². The monoisotopic (exact) mass is 451 g/mol. The number of carbonyl (C=O) groups is 1. The number of hydrogen-bond acceptors (Lipinski definition) is 2. The van der Waals surface area contributed by atoms with Crippen LogP contribution in [0.4, 0.5) is 0 Å². The van der Waals surface area contributed by atoms with Crippen molar-refractivity contribution in [1.29, 1.82) is 0 Å². The zero-order valence-corrected chi connectivity index (χ0v) is 18.4. The van der Waals surface area contributed by atoms with Gasteiger partial charge in [0, 0.05) is 22.6 Å². The van der Waals surface area contributed by atoms with Gasteiger partial charge in [-0.3, -0.25) is 4.79 Å². The van der Waals surface area contributed by atoms with Crippen LogP contribution in [0.3, 0.4) is 0 Å². The summed E-state index contributed by atoms with van der Waals surface area (Å²) in [5.41, 5.74) is 2.89. The Morgan fingerprint density at radius 2 is 1.66 bits per heavy atom. The Morgan fingerprint density at radius 3 is 2.34 bits per heavy atom. The lowest BCUT2D eigenvalue weighted by atomic mass is 10.1. The maximum Gasteiger partial charge on any atom is 0.254 e. The Morgan fingerprint density at radius 1 is 0.966 bits per heavy atom. The molecule has 0 bridgehead atoms. The summed E-state index contributed by atoms with van der Waals surface area (Å²) in [6, 6.07) is 25.8. The van der Waals surface area contributed by atoms with Gasteiger partial charge in [-0.05, 0) is 60.9 Å². The predicted octanol–water partition coefficient (Wildman–Crippen LogP) is 6.47. The number of halogens is 1. The molecule has 0 saturated heterocycles. The van der Waals surface area contributed by atoms with Crippen molar-refractivity contribution < 1.29 is 9.53 Å². The van der Waals surface area contributed by atoms with E-state index in [1.807, 2.05) is 83.8 Å². The van der Waals surface area contributed by atoms with E-state index in [0.29, 0.717) is 18.7 Å². The second kappa shape index (κ2) is 10.3. The van der Waals surface area contributed by atoms with Crippen LogP contribution in [-0.2, 0) is 13.2 Å². The first-order valence-corrected chi connectivity index (χ1v) is 10.7. The molecular weight excluding hydrogens is 426 g/mol. The molecule has 0 spiro atoms. The molecule has 1 unspecified atom stereocenters. The number of benzene rings is 3. The molecule has 1 atom stereocenters. The van der Waals surface area contributed by atoms with Gasteiger partial charge >= 0.3 is 0 Å². The first-order chi connectivity index (χ1) is 14.1. The topological polar surface area (TPSA) is 29.5 Å². The maximum atomic E-state index is 13.1. The molecule has 3 aromatic carbocycles. The molecule has 0 aliphatic heterocycles. The number of amides is 1. The minimum Gasteiger partial charge on any atom is -0.489 e. The number of rotatable bonds is 8. The first-order valence-electron chi connectivity index (χ1n) is 9.89. The predicted molar refractivity (Wildman–Crippen MR) is 121 cm³/mol. The second-order valence-corrected chi connectivity index (χ2v) is 8.03. The first kappa shape index (κ1) is 21.1. The molecule has 4 heteroatoms. The summed E-state index contributed by atoms with van der Waals surface area (Å²) in [7, 11) is 0. The van der Waals surface area contributed by atoms with Crippen LogP contribution in [0.1, 0.15) is 41.8 Å². The van der Waals surface area contributed by atoms with Crippen LogP contribution in [0, 0.1) is 0 Å². The highest BCUT2D eigenvalue weighted by Crippen LogP contribution is 2.21. The van der Waals surface area contributed by atoms with Gasteiger partial charge in [0.2, 0.25) is 0 Å². The zero-order chi connectivity index (χ0) is 20.6. The van der Waals surface area contributed by atoms with Gasteiger partial charge < -0.3 is 9.64 Å². The summed E-state index contributed by atoms with van der Waals surface area (Å²) in [6.07, 6.45) is 0.895. The number of ether oxygens (including phenoxy) is 1. The largest absolute Gasteiger partial charge is 0.489 e. The molecule has 3 aromatic rings. The van der Waals surface area contributed by atoms with Crippen molar-refractivity contribution >= 4 is 21.8 Å². The highest BCUT2D eigenvalue weighted by atomic mass is 79.9. The quantitative estimate of drug-likeness (QED) is 0.392. The standard InChI is InChI=1S/C25H26BrNO2/c1-3-19(2)27(25(28)22-12-14-23(26)15-13-22)17-21-10-7-11-24(16-21)29-18-20-8-5-4-6-9-20/h4-16,19H,3,17-18H2,1-2H3. The van der Waals surface area contributed by atoms with E-state index in [0.717, 1.165) is 27.8 Å². The van der Waals surface area contributed by atoms with E-state index in [2.05, 4.69) is 29.8 Å². The van der Waals surface area contributed by atoms with E-state index >= 15 is 0 Å². The Labute approximate surface area is 181 Å². The van der Waals surface area contributed by atoms with E-state index in [-0.39, 0.29) is 11.9 Å². The summed E-state index contributed by atoms with van der Waals surface area (Å²) in [6.45, 7) is 5.27. The van der Waals surface area contributed by atoms with Crippen molar-refractivity contribution in [3.05, 3.63) is 100 Å². The molecule has 0 fully saturated rings. The molecule has 150 valence electrons. The molecule has 0 aliphatic carbocycles. The van der Waals surface area contributed by atoms with Crippen molar-refractivity contribution in [1.82, 2.24) is 4.90 Å². The fourth-order valence-corrected chi connectivity index (χ4v) is 3.34. The van der Waals surface area contributed by atoms with Crippen LogP contribution in [0.5, 0.6) is 5.75 Å². The van der Waals surface area contributed by atoms with Gasteiger partial charge in [0.15, 0.2) is 0 Å². The molecule has 0 radical (unpaired) electrons. The molecular formula is C25H26BrNO2. The molecule has 3 nitrogen and oxygen atoms in total. The lowest BCUT2D eigenvalue weighted by Crippen LogP contribution is -2.37. The van der Waals surface area contributed by atoms with E-state index in [1.165, 1.54) is 0 Å². The Bertz CT molecular complexity index is 925. The van der Waals surface area contributed by atoms with Crippen molar-refractivity contribution in [3.8, 4) is 5.75 Å². The van der Waals surface area contributed by atoms with Crippen molar-refractivity contribution in [2.75, 3.05) is 0 Å².